The summed E-state index contributed by atoms with van der Waals surface area (Å²) >= 11 is 0. The second kappa shape index (κ2) is 5.44. The van der Waals surface area contributed by atoms with Crippen LogP contribution in [0.15, 0.2) is 72.9 Å². The van der Waals surface area contributed by atoms with Crippen molar-refractivity contribution in [1.82, 2.24) is 4.98 Å². The largest absolute Gasteiger partial charge is 0.379 e. The van der Waals surface area contributed by atoms with Crippen molar-refractivity contribution < 1.29 is 0 Å². The van der Waals surface area contributed by atoms with Gasteiger partial charge in [-0.05, 0) is 35.4 Å². The Morgan fingerprint density at radius 2 is 1.47 bits per heavy atom. The summed E-state index contributed by atoms with van der Waals surface area (Å²) in [5.41, 5.74) is 4.81. The van der Waals surface area contributed by atoms with E-state index in [1.54, 1.807) is 0 Å². The predicted molar refractivity (Wildman–Crippen MR) is 80.0 cm³/mol. The highest BCUT2D eigenvalue weighted by atomic mass is 14.9. The van der Waals surface area contributed by atoms with Gasteiger partial charge in [-0.25, -0.2) is 0 Å². The SMILES string of the molecule is c1ccc(-c2ccc(NCc3ccc[nH]3)cc2)cc1. The van der Waals surface area contributed by atoms with Gasteiger partial charge in [0.2, 0.25) is 0 Å². The zero-order valence-corrected chi connectivity index (χ0v) is 10.6. The standard InChI is InChI=1S/C17H16N2/c1-2-5-14(6-3-1)15-8-10-16(11-9-15)19-13-17-7-4-12-18-17/h1-12,18-19H,13H2. The fourth-order valence-electron chi connectivity index (χ4n) is 2.09. The molecule has 2 heteroatoms. The second-order valence-corrected chi connectivity index (χ2v) is 4.49. The van der Waals surface area contributed by atoms with Crippen molar-refractivity contribution in [3.05, 3.63) is 78.6 Å². The van der Waals surface area contributed by atoms with Crippen molar-refractivity contribution in [3.8, 4) is 11.1 Å². The molecule has 0 bridgehead atoms. The molecule has 1 aromatic heterocycles. The maximum atomic E-state index is 3.39. The maximum Gasteiger partial charge on any atom is 0.0551 e. The van der Waals surface area contributed by atoms with Gasteiger partial charge in [0, 0.05) is 17.6 Å². The molecule has 2 N–H and O–H groups in total. The minimum absolute atomic E-state index is 0.817. The average Bonchev–Trinajstić information content (AvgIpc) is 3.00. The molecule has 0 saturated heterocycles. The number of nitrogens with one attached hydrogen (secondary N) is 2. The molecule has 0 aliphatic rings. The molecule has 2 nitrogen and oxygen atoms in total. The number of rotatable bonds is 4. The molecule has 3 rings (SSSR count). The summed E-state index contributed by atoms with van der Waals surface area (Å²) in [6, 6.07) is 23.0. The van der Waals surface area contributed by atoms with Gasteiger partial charge in [0.25, 0.3) is 0 Å². The third-order valence-electron chi connectivity index (χ3n) is 3.14. The minimum atomic E-state index is 0.817. The van der Waals surface area contributed by atoms with E-state index in [-0.39, 0.29) is 0 Å². The Kier molecular flexibility index (Phi) is 3.32. The number of benzene rings is 2. The minimum Gasteiger partial charge on any atom is -0.379 e. The van der Waals surface area contributed by atoms with Crippen LogP contribution in [0.2, 0.25) is 0 Å². The first kappa shape index (κ1) is 11.6. The number of hydrogen-bond donors (Lipinski definition) is 2. The monoisotopic (exact) mass is 248 g/mol. The van der Waals surface area contributed by atoms with Crippen molar-refractivity contribution >= 4 is 5.69 Å². The first-order valence-electron chi connectivity index (χ1n) is 6.43. The first-order chi connectivity index (χ1) is 9.42. The van der Waals surface area contributed by atoms with Gasteiger partial charge >= 0.3 is 0 Å². The van der Waals surface area contributed by atoms with Crippen molar-refractivity contribution in [1.29, 1.82) is 0 Å². The van der Waals surface area contributed by atoms with Crippen LogP contribution < -0.4 is 5.32 Å². The Bertz CT molecular complexity index is 610. The molecule has 0 aliphatic carbocycles. The molecule has 0 saturated carbocycles. The molecule has 3 aromatic rings. The molecule has 94 valence electrons. The van der Waals surface area contributed by atoms with Crippen molar-refractivity contribution in [2.24, 2.45) is 0 Å². The van der Waals surface area contributed by atoms with Gasteiger partial charge in [0.05, 0.1) is 6.54 Å². The van der Waals surface area contributed by atoms with Crippen molar-refractivity contribution in [3.63, 3.8) is 0 Å². The first-order valence-corrected chi connectivity index (χ1v) is 6.43. The van der Waals surface area contributed by atoms with E-state index >= 15 is 0 Å². The lowest BCUT2D eigenvalue weighted by Gasteiger charge is -2.07. The van der Waals surface area contributed by atoms with Gasteiger partial charge < -0.3 is 10.3 Å². The zero-order chi connectivity index (χ0) is 12.9. The van der Waals surface area contributed by atoms with E-state index in [1.807, 2.05) is 18.3 Å². The van der Waals surface area contributed by atoms with Gasteiger partial charge in [-0.2, -0.15) is 0 Å². The predicted octanol–water partition coefficient (Wildman–Crippen LogP) is 4.29. The number of aromatic nitrogens is 1. The van der Waals surface area contributed by atoms with Crippen LogP contribution in [0.3, 0.4) is 0 Å². The van der Waals surface area contributed by atoms with Gasteiger partial charge in [-0.1, -0.05) is 42.5 Å². The highest BCUT2D eigenvalue weighted by Gasteiger charge is 1.97. The topological polar surface area (TPSA) is 27.8 Å². The maximum absolute atomic E-state index is 3.39. The highest BCUT2D eigenvalue weighted by Crippen LogP contribution is 2.21. The van der Waals surface area contributed by atoms with Crippen LogP contribution in [0.4, 0.5) is 5.69 Å². The lowest BCUT2D eigenvalue weighted by atomic mass is 10.1. The lowest BCUT2D eigenvalue weighted by molar-refractivity contribution is 1.07. The molecular weight excluding hydrogens is 232 g/mol. The van der Waals surface area contributed by atoms with Gasteiger partial charge in [0.1, 0.15) is 0 Å². The molecule has 0 amide bonds. The van der Waals surface area contributed by atoms with Crippen molar-refractivity contribution in [2.75, 3.05) is 5.32 Å². The van der Waals surface area contributed by atoms with Crippen LogP contribution in [-0.2, 0) is 6.54 Å². The van der Waals surface area contributed by atoms with E-state index < -0.39 is 0 Å². The zero-order valence-electron chi connectivity index (χ0n) is 10.6. The molecule has 2 aromatic carbocycles. The van der Waals surface area contributed by atoms with Gasteiger partial charge in [0.15, 0.2) is 0 Å². The summed E-state index contributed by atoms with van der Waals surface area (Å²) in [5, 5.41) is 3.39. The van der Waals surface area contributed by atoms with E-state index in [0.29, 0.717) is 0 Å². The fourth-order valence-corrected chi connectivity index (χ4v) is 2.09. The van der Waals surface area contributed by atoms with E-state index in [0.717, 1.165) is 12.2 Å². The number of hydrogen-bond acceptors (Lipinski definition) is 1. The molecule has 0 fully saturated rings. The van der Waals surface area contributed by atoms with E-state index in [9.17, 15) is 0 Å². The number of aromatic amines is 1. The quantitative estimate of drug-likeness (QED) is 0.708. The summed E-state index contributed by atoms with van der Waals surface area (Å²) < 4.78 is 0. The second-order valence-electron chi connectivity index (χ2n) is 4.49. The number of anilines is 1. The fraction of sp³-hybridized carbons (Fsp3) is 0.0588. The summed E-state index contributed by atoms with van der Waals surface area (Å²) in [4.78, 5) is 3.18. The Balaban J connectivity index is 1.69. The molecule has 0 spiro atoms. The van der Waals surface area contributed by atoms with E-state index in [1.165, 1.54) is 16.8 Å². The molecule has 0 aliphatic heterocycles. The van der Waals surface area contributed by atoms with Crippen LogP contribution in [0, 0.1) is 0 Å². The van der Waals surface area contributed by atoms with Crippen LogP contribution in [-0.4, -0.2) is 4.98 Å². The summed E-state index contributed by atoms with van der Waals surface area (Å²) in [7, 11) is 0. The Morgan fingerprint density at radius 3 is 2.16 bits per heavy atom. The molecule has 1 heterocycles. The van der Waals surface area contributed by atoms with E-state index in [4.69, 9.17) is 0 Å². The normalized spacial score (nSPS) is 10.3. The van der Waals surface area contributed by atoms with Crippen LogP contribution in [0.1, 0.15) is 5.69 Å². The Morgan fingerprint density at radius 1 is 0.737 bits per heavy atom. The van der Waals surface area contributed by atoms with Crippen LogP contribution >= 0.6 is 0 Å². The third kappa shape index (κ3) is 2.86. The van der Waals surface area contributed by atoms with E-state index in [2.05, 4.69) is 64.9 Å². The van der Waals surface area contributed by atoms with Gasteiger partial charge in [-0.15, -0.1) is 0 Å². The summed E-state index contributed by atoms with van der Waals surface area (Å²) in [6.07, 6.45) is 1.94. The van der Waals surface area contributed by atoms with Crippen LogP contribution in [0.5, 0.6) is 0 Å². The third-order valence-corrected chi connectivity index (χ3v) is 3.14. The lowest BCUT2D eigenvalue weighted by Crippen LogP contribution is -1.99. The molecular formula is C17H16N2. The summed E-state index contributed by atoms with van der Waals surface area (Å²) in [5.74, 6) is 0. The Labute approximate surface area is 113 Å². The van der Waals surface area contributed by atoms with Crippen LogP contribution in [0.25, 0.3) is 11.1 Å². The smallest absolute Gasteiger partial charge is 0.0551 e. The Hall–Kier alpha value is -2.48. The molecule has 0 radical (unpaired) electrons. The van der Waals surface area contributed by atoms with Gasteiger partial charge in [-0.3, -0.25) is 0 Å². The highest BCUT2D eigenvalue weighted by molar-refractivity contribution is 5.65. The molecule has 0 atom stereocenters. The molecule has 0 unspecified atom stereocenters. The number of H-pyrrole nitrogens is 1. The summed E-state index contributed by atoms with van der Waals surface area (Å²) in [6.45, 7) is 0.817. The van der Waals surface area contributed by atoms with Crippen molar-refractivity contribution in [2.45, 2.75) is 6.54 Å². The average molecular weight is 248 g/mol. The molecule has 19 heavy (non-hydrogen) atoms.